The summed E-state index contributed by atoms with van der Waals surface area (Å²) in [6.45, 7) is 1.39. The van der Waals surface area contributed by atoms with E-state index in [1.54, 1.807) is 0 Å². The third-order valence-electron chi connectivity index (χ3n) is 4.95. The molecule has 1 unspecified atom stereocenters. The molecule has 1 aromatic rings. The van der Waals surface area contributed by atoms with Crippen molar-refractivity contribution in [2.75, 3.05) is 31.3 Å². The van der Waals surface area contributed by atoms with Crippen LogP contribution in [0.15, 0.2) is 18.2 Å². The highest BCUT2D eigenvalue weighted by Crippen LogP contribution is 2.27. The zero-order chi connectivity index (χ0) is 18.4. The highest BCUT2D eigenvalue weighted by Gasteiger charge is 2.18. The molecule has 1 atom stereocenters. The van der Waals surface area contributed by atoms with E-state index in [1.165, 1.54) is 25.0 Å². The van der Waals surface area contributed by atoms with Crippen LogP contribution in [-0.4, -0.2) is 47.9 Å². The van der Waals surface area contributed by atoms with Crippen molar-refractivity contribution in [1.82, 2.24) is 4.90 Å². The number of carbonyl (C=O) groups excluding carboxylic acids is 2. The molecule has 0 saturated carbocycles. The summed E-state index contributed by atoms with van der Waals surface area (Å²) in [6, 6.07) is 5.75. The van der Waals surface area contributed by atoms with Gasteiger partial charge in [0.15, 0.2) is 0 Å². The van der Waals surface area contributed by atoms with Gasteiger partial charge in [0.25, 0.3) is 0 Å². The first-order valence-electron chi connectivity index (χ1n) is 9.53. The molecule has 2 aliphatic rings. The fourth-order valence-electron chi connectivity index (χ4n) is 3.41. The summed E-state index contributed by atoms with van der Waals surface area (Å²) in [6.07, 6.45) is 6.34. The van der Waals surface area contributed by atoms with Gasteiger partial charge in [-0.25, -0.2) is 0 Å². The Morgan fingerprint density at radius 2 is 2.23 bits per heavy atom. The van der Waals surface area contributed by atoms with Gasteiger partial charge < -0.3 is 15.0 Å². The lowest BCUT2D eigenvalue weighted by Crippen LogP contribution is -2.34. The van der Waals surface area contributed by atoms with Crippen LogP contribution in [0.4, 0.5) is 5.69 Å². The van der Waals surface area contributed by atoms with Crippen molar-refractivity contribution in [2.45, 2.75) is 50.2 Å². The van der Waals surface area contributed by atoms with Gasteiger partial charge in [-0.2, -0.15) is 11.8 Å². The quantitative estimate of drug-likeness (QED) is 0.740. The number of fused-ring (bicyclic) bond motifs is 1. The normalized spacial score (nSPS) is 19.4. The highest BCUT2D eigenvalue weighted by atomic mass is 32.2. The number of hydrogen-bond donors (Lipinski definition) is 1. The Bertz CT molecular complexity index is 644. The first-order chi connectivity index (χ1) is 12.6. The van der Waals surface area contributed by atoms with E-state index in [2.05, 4.69) is 5.32 Å². The Hall–Kier alpha value is -1.69. The van der Waals surface area contributed by atoms with Gasteiger partial charge in [0.1, 0.15) is 5.75 Å². The molecule has 2 heterocycles. The van der Waals surface area contributed by atoms with E-state index in [0.717, 1.165) is 36.4 Å². The molecule has 0 bridgehead atoms. The molecule has 1 N–H and O–H groups in total. The number of aryl methyl sites for hydroxylation is 1. The second-order valence-corrected chi connectivity index (χ2v) is 8.49. The number of benzene rings is 1. The molecular weight excluding hydrogens is 348 g/mol. The number of carbonyl (C=O) groups is 2. The smallest absolute Gasteiger partial charge is 0.224 e. The molecule has 1 aromatic carbocycles. The molecule has 142 valence electrons. The van der Waals surface area contributed by atoms with Crippen molar-refractivity contribution in [3.63, 3.8) is 0 Å². The van der Waals surface area contributed by atoms with E-state index in [-0.39, 0.29) is 11.8 Å². The van der Waals surface area contributed by atoms with Crippen molar-refractivity contribution in [2.24, 2.45) is 0 Å². The van der Waals surface area contributed by atoms with Crippen LogP contribution in [0.25, 0.3) is 0 Å². The van der Waals surface area contributed by atoms with E-state index in [4.69, 9.17) is 4.74 Å². The summed E-state index contributed by atoms with van der Waals surface area (Å²) >= 11 is 2.00. The van der Waals surface area contributed by atoms with Crippen molar-refractivity contribution >= 4 is 29.3 Å². The summed E-state index contributed by atoms with van der Waals surface area (Å²) in [5.74, 6) is 2.30. The molecule has 2 aliphatic heterocycles. The van der Waals surface area contributed by atoms with Crippen molar-refractivity contribution in [3.8, 4) is 5.75 Å². The van der Waals surface area contributed by atoms with Gasteiger partial charge in [-0.15, -0.1) is 0 Å². The topological polar surface area (TPSA) is 58.6 Å². The molecule has 3 rings (SSSR count). The van der Waals surface area contributed by atoms with Gasteiger partial charge in [-0.1, -0.05) is 6.42 Å². The lowest BCUT2D eigenvalue weighted by atomic mass is 10.0. The first-order valence-corrected chi connectivity index (χ1v) is 10.6. The van der Waals surface area contributed by atoms with E-state index in [9.17, 15) is 9.59 Å². The van der Waals surface area contributed by atoms with Crippen LogP contribution >= 0.6 is 11.8 Å². The monoisotopic (exact) mass is 376 g/mol. The fraction of sp³-hybridized carbons (Fsp3) is 0.600. The van der Waals surface area contributed by atoms with Crippen LogP contribution in [-0.2, 0) is 16.0 Å². The Kier molecular flexibility index (Phi) is 6.83. The number of nitrogens with zero attached hydrogens (tertiary/aromatic N) is 1. The minimum absolute atomic E-state index is 0.0698. The predicted octanol–water partition coefficient (Wildman–Crippen LogP) is 3.47. The number of thioether (sulfide) groups is 1. The minimum atomic E-state index is 0.0698. The summed E-state index contributed by atoms with van der Waals surface area (Å²) < 4.78 is 5.79. The Balaban J connectivity index is 1.37. The zero-order valence-electron chi connectivity index (χ0n) is 15.5. The second kappa shape index (κ2) is 9.31. The van der Waals surface area contributed by atoms with Crippen molar-refractivity contribution in [3.05, 3.63) is 23.8 Å². The molecule has 1 fully saturated rings. The summed E-state index contributed by atoms with van der Waals surface area (Å²) in [4.78, 5) is 25.5. The maximum absolute atomic E-state index is 12.3. The minimum Gasteiger partial charge on any atom is -0.494 e. The van der Waals surface area contributed by atoms with Gasteiger partial charge in [-0.3, -0.25) is 9.59 Å². The van der Waals surface area contributed by atoms with Gasteiger partial charge in [0.2, 0.25) is 11.8 Å². The molecule has 26 heavy (non-hydrogen) atoms. The summed E-state index contributed by atoms with van der Waals surface area (Å²) in [5.41, 5.74) is 1.99. The largest absolute Gasteiger partial charge is 0.494 e. The van der Waals surface area contributed by atoms with E-state index >= 15 is 0 Å². The lowest BCUT2D eigenvalue weighted by Gasteiger charge is -2.26. The number of hydrogen-bond acceptors (Lipinski definition) is 4. The van der Waals surface area contributed by atoms with Crippen molar-refractivity contribution < 1.29 is 14.3 Å². The average Bonchev–Trinajstić information content (AvgIpc) is 2.65. The fourth-order valence-corrected chi connectivity index (χ4v) is 4.78. The lowest BCUT2D eigenvalue weighted by molar-refractivity contribution is -0.130. The van der Waals surface area contributed by atoms with Crippen LogP contribution in [0.1, 0.15) is 44.1 Å². The first kappa shape index (κ1) is 19.1. The highest BCUT2D eigenvalue weighted by molar-refractivity contribution is 7.99. The Morgan fingerprint density at radius 1 is 1.35 bits per heavy atom. The molecule has 0 radical (unpaired) electrons. The maximum atomic E-state index is 12.3. The number of rotatable bonds is 7. The molecule has 0 aliphatic carbocycles. The van der Waals surface area contributed by atoms with Crippen LogP contribution < -0.4 is 10.1 Å². The SMILES string of the molecule is CN(CC1CCCCS1)C(=O)CCCOc1ccc2c(c1)CCC(=O)N2. The molecule has 2 amide bonds. The zero-order valence-corrected chi connectivity index (χ0v) is 16.3. The second-order valence-electron chi connectivity index (χ2n) is 7.08. The van der Waals surface area contributed by atoms with Crippen LogP contribution in [0, 0.1) is 0 Å². The molecule has 6 heteroatoms. The third kappa shape index (κ3) is 5.40. The predicted molar refractivity (Wildman–Crippen MR) is 106 cm³/mol. The summed E-state index contributed by atoms with van der Waals surface area (Å²) in [7, 11) is 1.91. The third-order valence-corrected chi connectivity index (χ3v) is 6.33. The standard InChI is InChI=1S/C20H28N2O3S/c1-22(14-17-5-2-3-12-26-17)20(24)6-4-11-25-16-8-9-18-15(13-16)7-10-19(23)21-18/h8-9,13,17H,2-7,10-12,14H2,1H3,(H,21,23). The molecule has 1 saturated heterocycles. The maximum Gasteiger partial charge on any atom is 0.224 e. The van der Waals surface area contributed by atoms with E-state index < -0.39 is 0 Å². The molecule has 5 nitrogen and oxygen atoms in total. The number of ether oxygens (including phenoxy) is 1. The molecule has 0 aromatic heterocycles. The van der Waals surface area contributed by atoms with Crippen LogP contribution in [0.3, 0.4) is 0 Å². The van der Waals surface area contributed by atoms with Gasteiger partial charge in [-0.05, 0) is 55.2 Å². The van der Waals surface area contributed by atoms with Gasteiger partial charge in [0.05, 0.1) is 6.61 Å². The number of nitrogens with one attached hydrogen (secondary N) is 1. The van der Waals surface area contributed by atoms with Crippen molar-refractivity contribution in [1.29, 1.82) is 0 Å². The van der Waals surface area contributed by atoms with Crippen LogP contribution in [0.2, 0.25) is 0 Å². The molecular formula is C20H28N2O3S. The van der Waals surface area contributed by atoms with E-state index in [0.29, 0.717) is 24.7 Å². The number of anilines is 1. The van der Waals surface area contributed by atoms with Gasteiger partial charge >= 0.3 is 0 Å². The average molecular weight is 377 g/mol. The summed E-state index contributed by atoms with van der Waals surface area (Å²) in [5, 5.41) is 3.47. The van der Waals surface area contributed by atoms with E-state index in [1.807, 2.05) is 41.9 Å². The Labute approximate surface area is 159 Å². The van der Waals surface area contributed by atoms with Crippen LogP contribution in [0.5, 0.6) is 5.75 Å². The van der Waals surface area contributed by atoms with Gasteiger partial charge in [0, 0.05) is 37.4 Å². The Morgan fingerprint density at radius 3 is 3.04 bits per heavy atom. The molecule has 0 spiro atoms. The number of amides is 2.